The predicted molar refractivity (Wildman–Crippen MR) is 120 cm³/mol. The third kappa shape index (κ3) is 7.87. The van der Waals surface area contributed by atoms with E-state index in [0.29, 0.717) is 28.3 Å². The number of ether oxygens (including phenoxy) is 2. The van der Waals surface area contributed by atoms with Crippen LogP contribution in [0.15, 0.2) is 53.8 Å². The molecule has 2 aromatic rings. The van der Waals surface area contributed by atoms with Crippen LogP contribution in [0.4, 0.5) is 0 Å². The molecule has 2 rings (SSSR count). The van der Waals surface area contributed by atoms with Gasteiger partial charge in [0.05, 0.1) is 30.4 Å². The number of hydrogen-bond acceptors (Lipinski definition) is 6. The fourth-order valence-corrected chi connectivity index (χ4v) is 3.43. The molecule has 0 amide bonds. The van der Waals surface area contributed by atoms with Gasteiger partial charge in [0.15, 0.2) is 0 Å². The number of methoxy groups -OCH3 is 1. The van der Waals surface area contributed by atoms with E-state index in [1.165, 1.54) is 19.2 Å². The van der Waals surface area contributed by atoms with Crippen LogP contribution in [0.1, 0.15) is 36.2 Å². The summed E-state index contributed by atoms with van der Waals surface area (Å²) in [6.07, 6.45) is 0.311. The SMILES string of the molecule is COCC(=C=CC[C@H](O)c1ccc(OCCO)cc1)C[C@H](O)c1cc(Cl)cc(Cl)c1O. The molecule has 8 heteroatoms. The van der Waals surface area contributed by atoms with Gasteiger partial charge >= 0.3 is 0 Å². The van der Waals surface area contributed by atoms with Crippen molar-refractivity contribution in [2.75, 3.05) is 26.9 Å². The number of phenolic OH excluding ortho intramolecular Hbond substituents is 1. The quantitative estimate of drug-likeness (QED) is 0.366. The molecule has 168 valence electrons. The molecule has 4 N–H and O–H groups in total. The lowest BCUT2D eigenvalue weighted by Crippen LogP contribution is -2.04. The lowest BCUT2D eigenvalue weighted by molar-refractivity contribution is 0.161. The maximum atomic E-state index is 10.5. The summed E-state index contributed by atoms with van der Waals surface area (Å²) >= 11 is 11.9. The van der Waals surface area contributed by atoms with E-state index in [0.717, 1.165) is 0 Å². The summed E-state index contributed by atoms with van der Waals surface area (Å²) in [5, 5.41) is 40.2. The normalized spacial score (nSPS) is 12.7. The van der Waals surface area contributed by atoms with E-state index in [2.05, 4.69) is 5.73 Å². The van der Waals surface area contributed by atoms with E-state index >= 15 is 0 Å². The molecule has 0 aliphatic carbocycles. The average molecular weight is 469 g/mol. The molecule has 0 bridgehead atoms. The van der Waals surface area contributed by atoms with Crippen molar-refractivity contribution in [1.82, 2.24) is 0 Å². The van der Waals surface area contributed by atoms with Crippen molar-refractivity contribution in [1.29, 1.82) is 0 Å². The average Bonchev–Trinajstić information content (AvgIpc) is 2.75. The Labute approximate surface area is 191 Å². The van der Waals surface area contributed by atoms with Crippen LogP contribution in [-0.4, -0.2) is 47.4 Å². The molecule has 0 radical (unpaired) electrons. The Balaban J connectivity index is 2.07. The molecule has 0 fully saturated rings. The molecule has 2 aromatic carbocycles. The van der Waals surface area contributed by atoms with Gasteiger partial charge in [0, 0.05) is 30.5 Å². The Hall–Kier alpha value is -2.02. The van der Waals surface area contributed by atoms with Gasteiger partial charge in [-0.2, -0.15) is 0 Å². The van der Waals surface area contributed by atoms with Crippen LogP contribution < -0.4 is 4.74 Å². The molecule has 0 saturated heterocycles. The summed E-state index contributed by atoms with van der Waals surface area (Å²) in [4.78, 5) is 0. The van der Waals surface area contributed by atoms with Gasteiger partial charge in [0.1, 0.15) is 18.1 Å². The number of aliphatic hydroxyl groups excluding tert-OH is 3. The van der Waals surface area contributed by atoms with E-state index in [4.69, 9.17) is 37.8 Å². The molecule has 6 nitrogen and oxygen atoms in total. The van der Waals surface area contributed by atoms with Crippen molar-refractivity contribution in [3.63, 3.8) is 0 Å². The fourth-order valence-electron chi connectivity index (χ4n) is 2.92. The van der Waals surface area contributed by atoms with Crippen LogP contribution in [0, 0.1) is 0 Å². The third-order valence-corrected chi connectivity index (χ3v) is 4.95. The summed E-state index contributed by atoms with van der Waals surface area (Å²) in [6, 6.07) is 9.80. The van der Waals surface area contributed by atoms with Gasteiger partial charge in [0.25, 0.3) is 0 Å². The van der Waals surface area contributed by atoms with Gasteiger partial charge in [0.2, 0.25) is 0 Å². The van der Waals surface area contributed by atoms with Crippen molar-refractivity contribution >= 4 is 23.2 Å². The molecule has 2 atom stereocenters. The van der Waals surface area contributed by atoms with Crippen LogP contribution in [0.2, 0.25) is 10.0 Å². The second kappa shape index (κ2) is 12.7. The summed E-state index contributed by atoms with van der Waals surface area (Å²) in [6.45, 7) is 0.363. The molecule has 0 spiro atoms. The maximum absolute atomic E-state index is 10.5. The number of hydrogen-bond donors (Lipinski definition) is 4. The molecule has 31 heavy (non-hydrogen) atoms. The minimum atomic E-state index is -1.06. The topological polar surface area (TPSA) is 99.4 Å². The zero-order valence-electron chi connectivity index (χ0n) is 17.1. The van der Waals surface area contributed by atoms with Crippen LogP contribution in [0.25, 0.3) is 0 Å². The molecule has 0 unspecified atom stereocenters. The summed E-state index contributed by atoms with van der Waals surface area (Å²) in [7, 11) is 1.52. The van der Waals surface area contributed by atoms with Crippen LogP contribution in [-0.2, 0) is 4.74 Å². The highest BCUT2D eigenvalue weighted by molar-refractivity contribution is 6.35. The van der Waals surface area contributed by atoms with Crippen molar-refractivity contribution in [2.45, 2.75) is 25.0 Å². The highest BCUT2D eigenvalue weighted by Gasteiger charge is 2.17. The fraction of sp³-hybridized carbons (Fsp3) is 0.348. The molecule has 0 saturated carbocycles. The largest absolute Gasteiger partial charge is 0.506 e. The highest BCUT2D eigenvalue weighted by Crippen LogP contribution is 2.36. The van der Waals surface area contributed by atoms with E-state index in [-0.39, 0.29) is 42.6 Å². The van der Waals surface area contributed by atoms with E-state index < -0.39 is 12.2 Å². The monoisotopic (exact) mass is 468 g/mol. The van der Waals surface area contributed by atoms with Gasteiger partial charge < -0.3 is 29.9 Å². The van der Waals surface area contributed by atoms with Gasteiger partial charge in [-0.1, -0.05) is 35.3 Å². The number of aromatic hydroxyl groups is 1. The lowest BCUT2D eigenvalue weighted by atomic mass is 10.0. The smallest absolute Gasteiger partial charge is 0.140 e. The summed E-state index contributed by atoms with van der Waals surface area (Å²) in [5.41, 5.74) is 4.63. The molecule has 0 aromatic heterocycles. The van der Waals surface area contributed by atoms with Gasteiger partial charge in [-0.3, -0.25) is 0 Å². The second-order valence-electron chi connectivity index (χ2n) is 6.82. The maximum Gasteiger partial charge on any atom is 0.140 e. The van der Waals surface area contributed by atoms with Crippen LogP contribution >= 0.6 is 23.2 Å². The first kappa shape index (κ1) is 25.2. The first-order valence-corrected chi connectivity index (χ1v) is 10.4. The van der Waals surface area contributed by atoms with Crippen molar-refractivity contribution in [3.05, 3.63) is 75.0 Å². The Bertz CT molecular complexity index is 907. The number of benzene rings is 2. The molecule has 0 aliphatic rings. The van der Waals surface area contributed by atoms with Crippen LogP contribution in [0.5, 0.6) is 11.5 Å². The predicted octanol–water partition coefficient (Wildman–Crippen LogP) is 4.35. The zero-order chi connectivity index (χ0) is 22.8. The highest BCUT2D eigenvalue weighted by atomic mass is 35.5. The van der Waals surface area contributed by atoms with Crippen molar-refractivity contribution in [3.8, 4) is 11.5 Å². The van der Waals surface area contributed by atoms with Crippen molar-refractivity contribution < 1.29 is 29.9 Å². The minimum Gasteiger partial charge on any atom is -0.506 e. The Morgan fingerprint density at radius 3 is 2.48 bits per heavy atom. The van der Waals surface area contributed by atoms with Gasteiger partial charge in [-0.25, -0.2) is 0 Å². The van der Waals surface area contributed by atoms with Gasteiger partial charge in [-0.15, -0.1) is 5.73 Å². The standard InChI is InChI=1S/C23H26Cl2O6/c1-30-14-15(11-22(28)19-12-17(24)13-20(25)23(19)29)3-2-4-21(27)16-5-7-18(8-6-16)31-10-9-26/h2,5-8,12-13,21-22,26-29H,4,9-11,14H2,1H3/t3?,21-,22-/m0/s1. The Morgan fingerprint density at radius 2 is 1.84 bits per heavy atom. The lowest BCUT2D eigenvalue weighted by Gasteiger charge is -2.15. The minimum absolute atomic E-state index is 0.0604. The molecule has 0 aliphatic heterocycles. The second-order valence-corrected chi connectivity index (χ2v) is 7.67. The number of phenols is 1. The third-order valence-electron chi connectivity index (χ3n) is 4.45. The number of rotatable bonds is 11. The van der Waals surface area contributed by atoms with E-state index in [9.17, 15) is 15.3 Å². The number of halogens is 2. The van der Waals surface area contributed by atoms with E-state index in [1.807, 2.05) is 0 Å². The van der Waals surface area contributed by atoms with Crippen LogP contribution in [0.3, 0.4) is 0 Å². The van der Waals surface area contributed by atoms with Gasteiger partial charge in [-0.05, 0) is 41.5 Å². The summed E-state index contributed by atoms with van der Waals surface area (Å²) in [5.74, 6) is 0.391. The van der Waals surface area contributed by atoms with E-state index in [1.54, 1.807) is 30.3 Å². The molecular formula is C23H26Cl2O6. The molecule has 0 heterocycles. The first-order valence-electron chi connectivity index (χ1n) is 9.65. The zero-order valence-corrected chi connectivity index (χ0v) is 18.6. The van der Waals surface area contributed by atoms with Crippen molar-refractivity contribution in [2.24, 2.45) is 0 Å². The number of aliphatic hydroxyl groups is 3. The first-order chi connectivity index (χ1) is 14.8. The Morgan fingerprint density at radius 1 is 1.13 bits per heavy atom. The molecular weight excluding hydrogens is 443 g/mol. The summed E-state index contributed by atoms with van der Waals surface area (Å²) < 4.78 is 10.5. The Kier molecular flexibility index (Phi) is 10.4.